The van der Waals surface area contributed by atoms with Crippen molar-refractivity contribution in [2.45, 2.75) is 57.0 Å². The smallest absolute Gasteiger partial charge is 0.315 e. The number of nitrogens with zero attached hydrogens (tertiary/aromatic N) is 3. The number of aryl methyl sites for hydroxylation is 1. The number of urea groups is 1. The summed E-state index contributed by atoms with van der Waals surface area (Å²) in [6, 6.07) is 0.739. The summed E-state index contributed by atoms with van der Waals surface area (Å²) in [6.45, 7) is 1.62. The van der Waals surface area contributed by atoms with Gasteiger partial charge in [0.05, 0.1) is 12.2 Å². The maximum atomic E-state index is 12.2. The average Bonchev–Trinajstić information content (AvgIpc) is 3.18. The van der Waals surface area contributed by atoms with Crippen LogP contribution in [0.25, 0.3) is 0 Å². The molecule has 0 aliphatic heterocycles. The van der Waals surface area contributed by atoms with Gasteiger partial charge in [0, 0.05) is 37.4 Å². The zero-order valence-electron chi connectivity index (χ0n) is 14.3. The number of carbonyl (C=O) groups is 1. The molecule has 1 saturated carbocycles. The number of aromatic nitrogens is 2. The molecule has 1 atom stereocenters. The van der Waals surface area contributed by atoms with E-state index in [1.165, 1.54) is 36.9 Å². The molecule has 3 rings (SSSR count). The number of amides is 2. The van der Waals surface area contributed by atoms with Crippen LogP contribution in [0.4, 0.5) is 4.79 Å². The van der Waals surface area contributed by atoms with Gasteiger partial charge in [0.25, 0.3) is 0 Å². The maximum absolute atomic E-state index is 12.2. The molecule has 1 unspecified atom stereocenters. The number of hydrogen-bond acceptors (Lipinski definition) is 3. The Hall–Kier alpha value is -1.56. The molecule has 2 amide bonds. The Morgan fingerprint density at radius 3 is 2.91 bits per heavy atom. The second-order valence-corrected chi connectivity index (χ2v) is 6.93. The molecule has 1 aromatic rings. The first-order valence-electron chi connectivity index (χ1n) is 8.90. The molecule has 1 fully saturated rings. The Labute approximate surface area is 138 Å². The number of hydrogen-bond donors (Lipinski definition) is 2. The van der Waals surface area contributed by atoms with Crippen molar-refractivity contribution in [2.75, 3.05) is 20.1 Å². The first-order valence-corrected chi connectivity index (χ1v) is 8.90. The number of rotatable bonds is 5. The molecule has 0 radical (unpaired) electrons. The van der Waals surface area contributed by atoms with Crippen LogP contribution >= 0.6 is 0 Å². The van der Waals surface area contributed by atoms with Crippen molar-refractivity contribution < 1.29 is 4.79 Å². The van der Waals surface area contributed by atoms with E-state index < -0.39 is 0 Å². The second-order valence-electron chi connectivity index (χ2n) is 6.93. The molecule has 128 valence electrons. The van der Waals surface area contributed by atoms with E-state index in [1.54, 1.807) is 0 Å². The standard InChI is InChI=1S/C17H29N5O/c1-21(13-6-3-4-7-13)11-10-18-17(23)20-15-8-5-9-16-14(15)12-19-22(16)2/h12-13,15H,3-11H2,1-2H3,(H2,18,20,23). The number of nitrogens with one attached hydrogen (secondary N) is 2. The SMILES string of the molecule is CN(CCNC(=O)NC1CCCc2c1cnn2C)C1CCCC1. The largest absolute Gasteiger partial charge is 0.337 e. The lowest BCUT2D eigenvalue weighted by Gasteiger charge is -2.25. The zero-order valence-corrected chi connectivity index (χ0v) is 14.3. The van der Waals surface area contributed by atoms with Crippen LogP contribution in [0.5, 0.6) is 0 Å². The van der Waals surface area contributed by atoms with Crippen LogP contribution in [0.15, 0.2) is 6.20 Å². The van der Waals surface area contributed by atoms with Crippen molar-refractivity contribution in [3.05, 3.63) is 17.5 Å². The summed E-state index contributed by atoms with van der Waals surface area (Å²) < 4.78 is 1.93. The van der Waals surface area contributed by atoms with Crippen LogP contribution in [0.2, 0.25) is 0 Å². The molecule has 6 heteroatoms. The minimum Gasteiger partial charge on any atom is -0.337 e. The van der Waals surface area contributed by atoms with Crippen molar-refractivity contribution in [3.8, 4) is 0 Å². The molecule has 1 aromatic heterocycles. The Morgan fingerprint density at radius 2 is 2.13 bits per heavy atom. The molecule has 1 heterocycles. The second kappa shape index (κ2) is 7.34. The zero-order chi connectivity index (χ0) is 16.2. The van der Waals surface area contributed by atoms with Gasteiger partial charge in [-0.2, -0.15) is 5.10 Å². The van der Waals surface area contributed by atoms with Gasteiger partial charge in [-0.25, -0.2) is 4.79 Å². The van der Waals surface area contributed by atoms with Crippen molar-refractivity contribution >= 4 is 6.03 Å². The maximum Gasteiger partial charge on any atom is 0.315 e. The average molecular weight is 319 g/mol. The van der Waals surface area contributed by atoms with Crippen LogP contribution in [0.3, 0.4) is 0 Å². The fourth-order valence-corrected chi connectivity index (χ4v) is 3.94. The lowest BCUT2D eigenvalue weighted by molar-refractivity contribution is 0.224. The molecule has 2 N–H and O–H groups in total. The topological polar surface area (TPSA) is 62.2 Å². The van der Waals surface area contributed by atoms with Crippen molar-refractivity contribution in [1.29, 1.82) is 0 Å². The highest BCUT2D eigenvalue weighted by atomic mass is 16.2. The minimum absolute atomic E-state index is 0.0634. The molecule has 2 aliphatic carbocycles. The summed E-state index contributed by atoms with van der Waals surface area (Å²) in [4.78, 5) is 14.5. The summed E-state index contributed by atoms with van der Waals surface area (Å²) in [5.74, 6) is 0. The van der Waals surface area contributed by atoms with Crippen LogP contribution < -0.4 is 10.6 Å². The van der Waals surface area contributed by atoms with E-state index in [1.807, 2.05) is 17.9 Å². The molecule has 0 saturated heterocycles. The van der Waals surface area contributed by atoms with Crippen LogP contribution in [0.1, 0.15) is 55.8 Å². The third-order valence-corrected chi connectivity index (χ3v) is 5.38. The van der Waals surface area contributed by atoms with Gasteiger partial charge in [-0.1, -0.05) is 12.8 Å². The van der Waals surface area contributed by atoms with Crippen molar-refractivity contribution in [1.82, 2.24) is 25.3 Å². The van der Waals surface area contributed by atoms with E-state index >= 15 is 0 Å². The van der Waals surface area contributed by atoms with Gasteiger partial charge in [0.2, 0.25) is 0 Å². The van der Waals surface area contributed by atoms with Crippen LogP contribution in [-0.4, -0.2) is 46.9 Å². The Kier molecular flexibility index (Phi) is 5.20. The fourth-order valence-electron chi connectivity index (χ4n) is 3.94. The summed E-state index contributed by atoms with van der Waals surface area (Å²) in [7, 11) is 4.14. The van der Waals surface area contributed by atoms with E-state index in [4.69, 9.17) is 0 Å². The quantitative estimate of drug-likeness (QED) is 0.872. The van der Waals surface area contributed by atoms with Crippen molar-refractivity contribution in [2.24, 2.45) is 7.05 Å². The molecule has 6 nitrogen and oxygen atoms in total. The van der Waals surface area contributed by atoms with E-state index in [0.29, 0.717) is 12.6 Å². The van der Waals surface area contributed by atoms with Gasteiger partial charge in [-0.05, 0) is 39.2 Å². The Balaban J connectivity index is 1.43. The highest BCUT2D eigenvalue weighted by Crippen LogP contribution is 2.28. The summed E-state index contributed by atoms with van der Waals surface area (Å²) >= 11 is 0. The minimum atomic E-state index is -0.0634. The van der Waals surface area contributed by atoms with E-state index in [9.17, 15) is 4.79 Å². The summed E-state index contributed by atoms with van der Waals surface area (Å²) in [6.07, 6.45) is 10.3. The fraction of sp³-hybridized carbons (Fsp3) is 0.765. The predicted octanol–water partition coefficient (Wildman–Crippen LogP) is 1.97. The van der Waals surface area contributed by atoms with E-state index in [2.05, 4.69) is 27.7 Å². The third kappa shape index (κ3) is 3.86. The van der Waals surface area contributed by atoms with Gasteiger partial charge in [0.1, 0.15) is 0 Å². The highest BCUT2D eigenvalue weighted by molar-refractivity contribution is 5.74. The van der Waals surface area contributed by atoms with Gasteiger partial charge < -0.3 is 15.5 Å². The molecule has 0 bridgehead atoms. The first kappa shape index (κ1) is 16.3. The third-order valence-electron chi connectivity index (χ3n) is 5.38. The van der Waals surface area contributed by atoms with E-state index in [-0.39, 0.29) is 12.1 Å². The van der Waals surface area contributed by atoms with Crippen LogP contribution in [-0.2, 0) is 13.5 Å². The number of fused-ring (bicyclic) bond motifs is 1. The Morgan fingerprint density at radius 1 is 1.35 bits per heavy atom. The number of likely N-dealkylation sites (N-methyl/N-ethyl adjacent to an activating group) is 1. The summed E-state index contributed by atoms with van der Waals surface area (Å²) in [5, 5.41) is 10.4. The molecule has 0 aromatic carbocycles. The molecule has 2 aliphatic rings. The van der Waals surface area contributed by atoms with Crippen LogP contribution in [0, 0.1) is 0 Å². The van der Waals surface area contributed by atoms with Crippen molar-refractivity contribution in [3.63, 3.8) is 0 Å². The lowest BCUT2D eigenvalue weighted by Crippen LogP contribution is -2.43. The first-order chi connectivity index (χ1) is 11.1. The van der Waals surface area contributed by atoms with Gasteiger partial charge in [0.15, 0.2) is 0 Å². The monoisotopic (exact) mass is 319 g/mol. The van der Waals surface area contributed by atoms with Gasteiger partial charge in [-0.15, -0.1) is 0 Å². The van der Waals surface area contributed by atoms with Gasteiger partial charge >= 0.3 is 6.03 Å². The highest BCUT2D eigenvalue weighted by Gasteiger charge is 2.24. The molecular formula is C17H29N5O. The molecular weight excluding hydrogens is 290 g/mol. The summed E-state index contributed by atoms with van der Waals surface area (Å²) in [5.41, 5.74) is 2.43. The Bertz CT molecular complexity index is 535. The van der Waals surface area contributed by atoms with E-state index in [0.717, 1.165) is 25.8 Å². The van der Waals surface area contributed by atoms with Gasteiger partial charge in [-0.3, -0.25) is 4.68 Å². The molecule has 23 heavy (non-hydrogen) atoms. The number of carbonyl (C=O) groups excluding carboxylic acids is 1. The molecule has 0 spiro atoms. The lowest BCUT2D eigenvalue weighted by atomic mass is 9.93. The normalized spacial score (nSPS) is 21.4. The predicted molar refractivity (Wildman–Crippen MR) is 90.3 cm³/mol.